The van der Waals surface area contributed by atoms with E-state index in [1.165, 1.54) is 51.4 Å². The molecule has 6 aromatic carbocycles. The Morgan fingerprint density at radius 1 is 0.323 bits per heavy atom. The molecule has 0 radical (unpaired) electrons. The lowest BCUT2D eigenvalue weighted by atomic mass is 10.1. The van der Waals surface area contributed by atoms with Crippen LogP contribution in [0, 0.1) is 0 Å². The van der Waals surface area contributed by atoms with Gasteiger partial charge in [0.2, 0.25) is 23.8 Å². The number of carbonyl (C=O) groups is 1. The lowest BCUT2D eigenvalue weighted by Crippen LogP contribution is -2.50. The third kappa shape index (κ3) is 23.0. The van der Waals surface area contributed by atoms with Crippen LogP contribution in [0.2, 0.25) is 0 Å². The summed E-state index contributed by atoms with van der Waals surface area (Å²) in [6.45, 7) is 21.4. The molecule has 714 valence electrons. The van der Waals surface area contributed by atoms with Crippen molar-refractivity contribution >= 4 is 96.6 Å². The number of carbonyl (C=O) groups excluding carboxylic acids is 1. The number of hydrogen-bond acceptors (Lipinski definition) is 31. The molecule has 0 N–H and O–H groups in total. The Balaban J connectivity index is 0.000000130. The Morgan fingerprint density at radius 3 is 0.962 bits per heavy atom. The van der Waals surface area contributed by atoms with Crippen molar-refractivity contribution in [2.45, 2.75) is 114 Å². The maximum atomic E-state index is 12.9. The summed E-state index contributed by atoms with van der Waals surface area (Å²) in [7, 11) is 31.2. The second kappa shape index (κ2) is 43.8. The molecule has 2 aliphatic carbocycles. The number of likely N-dealkylation sites (tertiary alicyclic amines) is 3. The van der Waals surface area contributed by atoms with E-state index in [0.717, 1.165) is 274 Å². The molecule has 2 saturated carbocycles. The predicted octanol–water partition coefficient (Wildman–Crippen LogP) is 11.9. The number of aromatic nitrogens is 8. The lowest BCUT2D eigenvalue weighted by molar-refractivity contribution is 0.0746. The highest BCUT2D eigenvalue weighted by atomic mass is 16.5. The summed E-state index contributed by atoms with van der Waals surface area (Å²) < 4.78 is 48.2. The lowest BCUT2D eigenvalue weighted by Gasteiger charge is -2.39. The van der Waals surface area contributed by atoms with E-state index in [-0.39, 0.29) is 24.2 Å². The smallest absolute Gasteiger partial charge is 0.253 e. The first kappa shape index (κ1) is 94.9. The topological polar surface area (TPSA) is 243 Å². The van der Waals surface area contributed by atoms with E-state index >= 15 is 0 Å². The fraction of sp³-hybridized carbons (Fsp3) is 0.554. The number of benzene rings is 6. The van der Waals surface area contributed by atoms with Crippen LogP contribution in [-0.4, -0.2) is 367 Å². The number of ether oxygens (including phenoxy) is 8. The van der Waals surface area contributed by atoms with Crippen molar-refractivity contribution < 1.29 is 42.7 Å². The molecular weight excluding hydrogens is 1680 g/mol. The zero-order valence-corrected chi connectivity index (χ0v) is 81.5. The minimum absolute atomic E-state index is 0.0589. The minimum atomic E-state index is 0.0589. The van der Waals surface area contributed by atoms with Crippen LogP contribution in [0.4, 0.5) is 47.1 Å². The van der Waals surface area contributed by atoms with Gasteiger partial charge in [0.15, 0.2) is 46.0 Å². The SMILES string of the molecule is COc1cc2c(N3CCN(C(=O)c4ccccc4)CC3)nc(N(C)C)nc2cc1OCc1ccccc1.COc1cc2c(N3CCN(C)CC3)nc(N(C)C)nc2cc1OC1CCN(C)C1.COc1cc2c(N3CCN(C4CCCC4)CC3)nc(N(C)C)nc2cc1OC1CCN(C)C1.COc1cc2c(N3CCN(C4CCCC4)CC3)nc(N(C)C)nc2cc1OC1CCN(C)CC1. The second-order valence-electron chi connectivity index (χ2n) is 37.9. The third-order valence-corrected chi connectivity index (χ3v) is 27.5. The zero-order chi connectivity index (χ0) is 92.9. The van der Waals surface area contributed by atoms with Gasteiger partial charge in [0.1, 0.15) is 48.2 Å². The van der Waals surface area contributed by atoms with Gasteiger partial charge in [-0.15, -0.1) is 0 Å². The largest absolute Gasteiger partial charge is 0.493 e. The van der Waals surface area contributed by atoms with Crippen molar-refractivity contribution in [3.8, 4) is 46.0 Å². The van der Waals surface area contributed by atoms with Crippen LogP contribution < -0.4 is 77.1 Å². The number of fused-ring (bicyclic) bond motifs is 4. The van der Waals surface area contributed by atoms with Gasteiger partial charge in [-0.3, -0.25) is 14.6 Å². The van der Waals surface area contributed by atoms with E-state index in [1.807, 2.05) is 172 Å². The number of anilines is 8. The number of piperidine rings is 1. The van der Waals surface area contributed by atoms with Gasteiger partial charge in [0.05, 0.1) is 50.5 Å². The van der Waals surface area contributed by atoms with E-state index in [1.54, 1.807) is 28.4 Å². The highest BCUT2D eigenvalue weighted by Gasteiger charge is 2.35. The van der Waals surface area contributed by atoms with Crippen LogP contribution in [0.5, 0.6) is 46.0 Å². The van der Waals surface area contributed by atoms with Crippen LogP contribution >= 0.6 is 0 Å². The number of rotatable bonds is 24. The summed E-state index contributed by atoms with van der Waals surface area (Å²) in [6.07, 6.45) is 15.7. The van der Waals surface area contributed by atoms with Gasteiger partial charge in [-0.05, 0) is 122 Å². The van der Waals surface area contributed by atoms with E-state index in [9.17, 15) is 4.79 Å². The van der Waals surface area contributed by atoms with E-state index in [2.05, 4.69) is 95.4 Å². The zero-order valence-electron chi connectivity index (χ0n) is 81.5. The molecule has 32 nitrogen and oxygen atoms in total. The summed E-state index contributed by atoms with van der Waals surface area (Å²) in [6, 6.07) is 37.2. The summed E-state index contributed by atoms with van der Waals surface area (Å²) >= 11 is 0. The summed E-state index contributed by atoms with van der Waals surface area (Å²) in [5.74, 6) is 12.5. The monoisotopic (exact) mass is 1820 g/mol. The van der Waals surface area contributed by atoms with Crippen LogP contribution in [0.15, 0.2) is 109 Å². The normalized spacial score (nSPS) is 19.5. The molecule has 9 fully saturated rings. The van der Waals surface area contributed by atoms with E-state index < -0.39 is 0 Å². The van der Waals surface area contributed by atoms with Crippen LogP contribution in [0.3, 0.4) is 0 Å². The Labute approximate surface area is 785 Å². The molecule has 11 heterocycles. The number of piperazine rings is 4. The van der Waals surface area contributed by atoms with Crippen LogP contribution in [0.25, 0.3) is 43.6 Å². The molecule has 133 heavy (non-hydrogen) atoms. The van der Waals surface area contributed by atoms with Gasteiger partial charge < -0.3 is 102 Å². The molecule has 9 aliphatic rings. The number of hydrogen-bond donors (Lipinski definition) is 0. The van der Waals surface area contributed by atoms with Crippen molar-refractivity contribution in [3.63, 3.8) is 0 Å². The summed E-state index contributed by atoms with van der Waals surface area (Å²) in [5, 5.41) is 3.96. The highest BCUT2D eigenvalue weighted by molar-refractivity contribution is 5.98. The van der Waals surface area contributed by atoms with Gasteiger partial charge in [-0.2, -0.15) is 19.9 Å². The Morgan fingerprint density at radius 2 is 0.624 bits per heavy atom. The summed E-state index contributed by atoms with van der Waals surface area (Å²) in [4.78, 5) is 85.8. The van der Waals surface area contributed by atoms with Crippen molar-refractivity contribution in [2.75, 3.05) is 296 Å². The quantitative estimate of drug-likeness (QED) is 0.0546. The molecule has 32 heteroatoms. The fourth-order valence-electron chi connectivity index (χ4n) is 19.6. The average Bonchev–Trinajstić information content (AvgIpc) is 0.963. The predicted molar refractivity (Wildman–Crippen MR) is 533 cm³/mol. The minimum Gasteiger partial charge on any atom is -0.493 e. The molecule has 10 aromatic rings. The summed E-state index contributed by atoms with van der Waals surface area (Å²) in [5.41, 5.74) is 5.27. The molecule has 1 amide bonds. The van der Waals surface area contributed by atoms with Crippen molar-refractivity contribution in [2.24, 2.45) is 0 Å². The molecule has 7 aliphatic heterocycles. The second-order valence-corrected chi connectivity index (χ2v) is 37.9. The Kier molecular flexibility index (Phi) is 31.3. The highest BCUT2D eigenvalue weighted by Crippen LogP contribution is 2.44. The number of methoxy groups -OCH3 is 4. The third-order valence-electron chi connectivity index (χ3n) is 27.5. The molecule has 4 aromatic heterocycles. The maximum absolute atomic E-state index is 12.9. The average molecular weight is 1820 g/mol. The van der Waals surface area contributed by atoms with Crippen molar-refractivity contribution in [3.05, 3.63) is 120 Å². The Hall–Kier alpha value is -11.3. The molecule has 0 bridgehead atoms. The first-order chi connectivity index (χ1) is 64.5. The first-order valence-corrected chi connectivity index (χ1v) is 48.0. The van der Waals surface area contributed by atoms with Crippen molar-refractivity contribution in [1.29, 1.82) is 0 Å². The molecule has 19 rings (SSSR count). The van der Waals surface area contributed by atoms with Gasteiger partial charge in [0, 0.05) is 264 Å². The first-order valence-electron chi connectivity index (χ1n) is 48.0. The fourth-order valence-corrected chi connectivity index (χ4v) is 19.6. The number of likely N-dealkylation sites (N-methyl/N-ethyl adjacent to an activating group) is 3. The van der Waals surface area contributed by atoms with E-state index in [4.69, 9.17) is 77.8 Å². The van der Waals surface area contributed by atoms with Gasteiger partial charge in [-0.25, -0.2) is 19.9 Å². The number of nitrogens with zero attached hydrogens (tertiary/aromatic N) is 23. The Bertz CT molecular complexity index is 5520. The van der Waals surface area contributed by atoms with Crippen LogP contribution in [0.1, 0.15) is 93.0 Å². The van der Waals surface area contributed by atoms with Crippen LogP contribution in [-0.2, 0) is 6.61 Å². The molecular formula is C101H141N23O9. The maximum Gasteiger partial charge on any atom is 0.253 e. The van der Waals surface area contributed by atoms with Gasteiger partial charge >= 0.3 is 0 Å². The molecule has 0 spiro atoms. The standard InChI is InChI=1S/C29H31N5O3.C26H40N6O2.C25H38N6O2.C21H32N6O2/c1-32(2)29-30-24-19-26(37-20-21-10-6-4-7-11-21)25(36-3)18-23(24)27(31-29)33-14-16-34(17-15-33)28(35)22-12-8-5-9-13-22;1-29(2)26-27-22-18-24(34-20-9-11-30(3)12-10-20)23(33-4)17-21(22)25(28-26)32-15-13-31(14-16-32)19-7-5-6-8-19;1-28(2)25-26-21-16-23(33-19-9-10-29(3)17-19)22(32-4)15-20(21)24(27-25)31-13-11-30(12-14-31)18-7-5-6-8-18;1-24(2)21-22-17-13-19(29-15-6-7-26(4)14-15)18(28-5)12-16(17)20(23-21)27-10-8-25(3)9-11-27/h4-13,18-19H,14-17,20H2,1-3H3;17-20H,5-16H2,1-4H3;15-16,18-19H,5-14,17H2,1-4H3;12-13,15H,6-11,14H2,1-5H3. The molecule has 2 unspecified atom stereocenters. The van der Waals surface area contributed by atoms with Crippen molar-refractivity contribution in [1.82, 2.24) is 74.2 Å². The van der Waals surface area contributed by atoms with Gasteiger partial charge in [0.25, 0.3) is 5.91 Å². The number of amides is 1. The van der Waals surface area contributed by atoms with Gasteiger partial charge in [-0.1, -0.05) is 74.2 Å². The molecule has 7 saturated heterocycles. The van der Waals surface area contributed by atoms with E-state index in [0.29, 0.717) is 61.7 Å². The molecule has 2 atom stereocenters.